The highest BCUT2D eigenvalue weighted by Crippen LogP contribution is 2.35. The lowest BCUT2D eigenvalue weighted by Gasteiger charge is -2.19. The Kier molecular flexibility index (Phi) is 4.46. The molecule has 0 fully saturated rings. The van der Waals surface area contributed by atoms with Gasteiger partial charge in [-0.05, 0) is 44.0 Å². The fourth-order valence-corrected chi connectivity index (χ4v) is 2.78. The summed E-state index contributed by atoms with van der Waals surface area (Å²) in [5.74, 6) is -0.0851. The van der Waals surface area contributed by atoms with Crippen LogP contribution in [0.5, 0.6) is 5.75 Å². The molecule has 0 heterocycles. The summed E-state index contributed by atoms with van der Waals surface area (Å²) in [6.07, 6.45) is 0. The zero-order valence-electron chi connectivity index (χ0n) is 11.7. The Labute approximate surface area is 129 Å². The van der Waals surface area contributed by atoms with E-state index < -0.39 is 0 Å². The molecule has 0 saturated heterocycles. The molecule has 1 atom stereocenters. The topological polar surface area (TPSA) is 32.3 Å². The number of aryl methyl sites for hydroxylation is 2. The summed E-state index contributed by atoms with van der Waals surface area (Å²) >= 11 is 11.9. The van der Waals surface area contributed by atoms with Gasteiger partial charge >= 0.3 is 0 Å². The number of phenolic OH excluding ortho intramolecular Hbond substituents is 1. The molecule has 0 aliphatic rings. The van der Waals surface area contributed by atoms with Crippen LogP contribution in [0.2, 0.25) is 10.0 Å². The Morgan fingerprint density at radius 1 is 1.05 bits per heavy atom. The van der Waals surface area contributed by atoms with Crippen molar-refractivity contribution in [2.75, 3.05) is 5.32 Å². The Morgan fingerprint density at radius 2 is 1.65 bits per heavy atom. The molecule has 106 valence electrons. The number of anilines is 1. The number of halogens is 2. The predicted octanol–water partition coefficient (Wildman–Crippen LogP) is 5.49. The Hall–Kier alpha value is -1.38. The molecule has 0 aliphatic heterocycles. The summed E-state index contributed by atoms with van der Waals surface area (Å²) in [6.45, 7) is 6.25. The minimum absolute atomic E-state index is 0.0851. The summed E-state index contributed by atoms with van der Waals surface area (Å²) in [6, 6.07) is 9.83. The maximum Gasteiger partial charge on any atom is 0.152 e. The second kappa shape index (κ2) is 5.94. The van der Waals surface area contributed by atoms with Gasteiger partial charge in [0.25, 0.3) is 0 Å². The van der Waals surface area contributed by atoms with Gasteiger partial charge in [-0.1, -0.05) is 47.0 Å². The number of benzene rings is 2. The standard InChI is InChI=1S/C16H17Cl2NO/c1-9-4-5-13(10(2)6-9)11(3)19-12-7-14(17)16(20)15(18)8-12/h4-8,11,19-20H,1-3H3. The van der Waals surface area contributed by atoms with Crippen molar-refractivity contribution in [3.05, 3.63) is 57.1 Å². The fourth-order valence-electron chi connectivity index (χ4n) is 2.29. The number of hydrogen-bond donors (Lipinski definition) is 2. The summed E-state index contributed by atoms with van der Waals surface area (Å²) in [4.78, 5) is 0. The quantitative estimate of drug-likeness (QED) is 0.735. The van der Waals surface area contributed by atoms with E-state index in [1.54, 1.807) is 12.1 Å². The van der Waals surface area contributed by atoms with E-state index >= 15 is 0 Å². The van der Waals surface area contributed by atoms with Gasteiger partial charge in [-0.15, -0.1) is 0 Å². The first-order chi connectivity index (χ1) is 9.38. The minimum Gasteiger partial charge on any atom is -0.505 e. The lowest BCUT2D eigenvalue weighted by molar-refractivity contribution is 0.476. The number of aromatic hydroxyl groups is 1. The number of hydrogen-bond acceptors (Lipinski definition) is 2. The van der Waals surface area contributed by atoms with Gasteiger partial charge in [0.2, 0.25) is 0 Å². The van der Waals surface area contributed by atoms with Crippen molar-refractivity contribution in [2.45, 2.75) is 26.8 Å². The average molecular weight is 310 g/mol. The molecule has 2 nitrogen and oxygen atoms in total. The molecule has 0 saturated carbocycles. The smallest absolute Gasteiger partial charge is 0.152 e. The third-order valence-corrected chi connectivity index (χ3v) is 3.87. The van der Waals surface area contributed by atoms with E-state index in [2.05, 4.69) is 44.3 Å². The van der Waals surface area contributed by atoms with Crippen LogP contribution in [0.1, 0.15) is 29.7 Å². The van der Waals surface area contributed by atoms with Crippen molar-refractivity contribution in [1.82, 2.24) is 0 Å². The van der Waals surface area contributed by atoms with Crippen LogP contribution in [0.15, 0.2) is 30.3 Å². The third-order valence-electron chi connectivity index (χ3n) is 3.29. The van der Waals surface area contributed by atoms with Crippen LogP contribution in [0.3, 0.4) is 0 Å². The van der Waals surface area contributed by atoms with E-state index in [1.165, 1.54) is 16.7 Å². The summed E-state index contributed by atoms with van der Waals surface area (Å²) in [5.41, 5.74) is 4.48. The second-order valence-corrected chi connectivity index (χ2v) is 5.83. The fraction of sp³-hybridized carbons (Fsp3) is 0.250. The monoisotopic (exact) mass is 309 g/mol. The van der Waals surface area contributed by atoms with E-state index in [-0.39, 0.29) is 21.8 Å². The second-order valence-electron chi connectivity index (χ2n) is 5.01. The maximum absolute atomic E-state index is 9.56. The Balaban J connectivity index is 2.25. The van der Waals surface area contributed by atoms with Crippen LogP contribution >= 0.6 is 23.2 Å². The zero-order valence-corrected chi connectivity index (χ0v) is 13.2. The van der Waals surface area contributed by atoms with Crippen LogP contribution in [0, 0.1) is 13.8 Å². The Bertz CT molecular complexity index is 617. The molecular formula is C16H17Cl2NO. The molecule has 2 N–H and O–H groups in total. The number of nitrogens with one attached hydrogen (secondary N) is 1. The van der Waals surface area contributed by atoms with Crippen LogP contribution in [-0.4, -0.2) is 5.11 Å². The number of rotatable bonds is 3. The van der Waals surface area contributed by atoms with Crippen LogP contribution < -0.4 is 5.32 Å². The van der Waals surface area contributed by atoms with E-state index in [0.29, 0.717) is 0 Å². The first kappa shape index (κ1) is 15.0. The highest BCUT2D eigenvalue weighted by Gasteiger charge is 2.11. The van der Waals surface area contributed by atoms with Crippen molar-refractivity contribution in [3.8, 4) is 5.75 Å². The van der Waals surface area contributed by atoms with Gasteiger partial charge in [0, 0.05) is 11.7 Å². The maximum atomic E-state index is 9.56. The van der Waals surface area contributed by atoms with Crippen molar-refractivity contribution < 1.29 is 5.11 Å². The van der Waals surface area contributed by atoms with Gasteiger partial charge in [0.15, 0.2) is 5.75 Å². The lowest BCUT2D eigenvalue weighted by Crippen LogP contribution is -2.08. The van der Waals surface area contributed by atoms with Crippen LogP contribution in [0.25, 0.3) is 0 Å². The molecule has 0 spiro atoms. The van der Waals surface area contributed by atoms with Crippen molar-refractivity contribution in [1.29, 1.82) is 0 Å². The van der Waals surface area contributed by atoms with E-state index in [4.69, 9.17) is 23.2 Å². The number of phenols is 1. The molecule has 2 aromatic carbocycles. The van der Waals surface area contributed by atoms with Crippen molar-refractivity contribution in [3.63, 3.8) is 0 Å². The van der Waals surface area contributed by atoms with Gasteiger partial charge in [-0.25, -0.2) is 0 Å². The first-order valence-electron chi connectivity index (χ1n) is 6.40. The third kappa shape index (κ3) is 3.20. The van der Waals surface area contributed by atoms with Crippen molar-refractivity contribution >= 4 is 28.9 Å². The molecular weight excluding hydrogens is 293 g/mol. The molecule has 0 aliphatic carbocycles. The Morgan fingerprint density at radius 3 is 2.20 bits per heavy atom. The molecule has 0 aromatic heterocycles. The highest BCUT2D eigenvalue weighted by molar-refractivity contribution is 6.37. The minimum atomic E-state index is -0.0851. The highest BCUT2D eigenvalue weighted by atomic mass is 35.5. The largest absolute Gasteiger partial charge is 0.505 e. The summed E-state index contributed by atoms with van der Waals surface area (Å²) in [5, 5.41) is 13.4. The van der Waals surface area contributed by atoms with Gasteiger partial charge in [0.1, 0.15) is 0 Å². The van der Waals surface area contributed by atoms with E-state index in [0.717, 1.165) is 5.69 Å². The zero-order chi connectivity index (χ0) is 14.9. The molecule has 2 aromatic rings. The first-order valence-corrected chi connectivity index (χ1v) is 7.15. The van der Waals surface area contributed by atoms with E-state index in [9.17, 15) is 5.11 Å². The van der Waals surface area contributed by atoms with Gasteiger partial charge in [-0.3, -0.25) is 0 Å². The predicted molar refractivity (Wildman–Crippen MR) is 86.1 cm³/mol. The lowest BCUT2D eigenvalue weighted by atomic mass is 10.00. The summed E-state index contributed by atoms with van der Waals surface area (Å²) < 4.78 is 0. The van der Waals surface area contributed by atoms with Crippen molar-refractivity contribution in [2.24, 2.45) is 0 Å². The molecule has 0 radical (unpaired) electrons. The molecule has 0 bridgehead atoms. The van der Waals surface area contributed by atoms with Gasteiger partial charge in [0.05, 0.1) is 10.0 Å². The molecule has 4 heteroatoms. The van der Waals surface area contributed by atoms with Gasteiger partial charge in [-0.2, -0.15) is 0 Å². The molecule has 2 rings (SSSR count). The van der Waals surface area contributed by atoms with Gasteiger partial charge < -0.3 is 10.4 Å². The molecule has 1 unspecified atom stereocenters. The summed E-state index contributed by atoms with van der Waals surface area (Å²) in [7, 11) is 0. The SMILES string of the molecule is Cc1ccc(C(C)Nc2cc(Cl)c(O)c(Cl)c2)c(C)c1. The van der Waals surface area contributed by atoms with Crippen LogP contribution in [-0.2, 0) is 0 Å². The van der Waals surface area contributed by atoms with Crippen LogP contribution in [0.4, 0.5) is 5.69 Å². The molecule has 0 amide bonds. The molecule has 20 heavy (non-hydrogen) atoms. The normalized spacial score (nSPS) is 12.2. The average Bonchev–Trinajstić information content (AvgIpc) is 2.35. The van der Waals surface area contributed by atoms with E-state index in [1.807, 2.05) is 0 Å².